The van der Waals surface area contributed by atoms with Gasteiger partial charge in [0.15, 0.2) is 0 Å². The minimum absolute atomic E-state index is 0.107. The highest BCUT2D eigenvalue weighted by atomic mass is 32.2. The van der Waals surface area contributed by atoms with Gasteiger partial charge in [0.05, 0.1) is 11.3 Å². The van der Waals surface area contributed by atoms with E-state index >= 15 is 0 Å². The molecule has 0 amide bonds. The van der Waals surface area contributed by atoms with Crippen molar-refractivity contribution in [3.05, 3.63) is 47.9 Å². The molecule has 1 aliphatic rings. The third-order valence-electron chi connectivity index (χ3n) is 4.93. The van der Waals surface area contributed by atoms with Crippen molar-refractivity contribution in [2.24, 2.45) is 5.92 Å². The molecule has 9 heteroatoms. The fraction of sp³-hybridized carbons (Fsp3) is 0.421. The van der Waals surface area contributed by atoms with Crippen molar-refractivity contribution in [2.45, 2.75) is 19.3 Å². The standard InChI is InChI=1S/C19H24N4O4S/c1-22(2)28(26,27)23-8-4-5-14(13-23)9-15-6-3-7-21-18(15)16-10-17(19(24)25)12-20-11-16/h3,6-7,10-12,14H,4-5,8-9,13H2,1-2H3,(H,24,25)/t14-/m0/s1. The summed E-state index contributed by atoms with van der Waals surface area (Å²) in [5, 5.41) is 9.21. The SMILES string of the molecule is CN(C)S(=O)(=O)N1CCC[C@@H](Cc2cccnc2-c2cncc(C(=O)O)c2)C1. The van der Waals surface area contributed by atoms with Gasteiger partial charge in [0.25, 0.3) is 10.2 Å². The Balaban J connectivity index is 1.84. The smallest absolute Gasteiger partial charge is 0.337 e. The number of nitrogens with zero attached hydrogens (tertiary/aromatic N) is 4. The molecule has 0 radical (unpaired) electrons. The van der Waals surface area contributed by atoms with Crippen LogP contribution in [0.25, 0.3) is 11.3 Å². The first-order valence-electron chi connectivity index (χ1n) is 9.09. The molecule has 1 N–H and O–H groups in total. The zero-order chi connectivity index (χ0) is 20.3. The third-order valence-corrected chi connectivity index (χ3v) is 6.84. The van der Waals surface area contributed by atoms with Crippen molar-refractivity contribution in [2.75, 3.05) is 27.2 Å². The van der Waals surface area contributed by atoms with Crippen molar-refractivity contribution >= 4 is 16.2 Å². The number of aromatic nitrogens is 2. The summed E-state index contributed by atoms with van der Waals surface area (Å²) >= 11 is 0. The molecule has 28 heavy (non-hydrogen) atoms. The number of rotatable bonds is 6. The van der Waals surface area contributed by atoms with E-state index < -0.39 is 16.2 Å². The molecule has 1 fully saturated rings. The van der Waals surface area contributed by atoms with E-state index in [1.165, 1.54) is 14.8 Å². The van der Waals surface area contributed by atoms with E-state index in [-0.39, 0.29) is 11.5 Å². The molecule has 3 rings (SSSR count). The van der Waals surface area contributed by atoms with Gasteiger partial charge in [0.2, 0.25) is 0 Å². The second-order valence-electron chi connectivity index (χ2n) is 7.14. The van der Waals surface area contributed by atoms with Crippen molar-refractivity contribution in [1.29, 1.82) is 0 Å². The quantitative estimate of drug-likeness (QED) is 0.789. The largest absolute Gasteiger partial charge is 0.478 e. The molecule has 0 aliphatic carbocycles. The molecule has 8 nitrogen and oxygen atoms in total. The Morgan fingerprint density at radius 3 is 2.86 bits per heavy atom. The molecule has 0 spiro atoms. The molecule has 0 bridgehead atoms. The van der Waals surface area contributed by atoms with Gasteiger partial charge in [0.1, 0.15) is 0 Å². The number of hydrogen-bond donors (Lipinski definition) is 1. The first kappa shape index (κ1) is 20.4. The van der Waals surface area contributed by atoms with E-state index in [0.29, 0.717) is 30.8 Å². The summed E-state index contributed by atoms with van der Waals surface area (Å²) in [6.07, 6.45) is 6.97. The van der Waals surface area contributed by atoms with Gasteiger partial charge >= 0.3 is 5.97 Å². The summed E-state index contributed by atoms with van der Waals surface area (Å²) in [5.41, 5.74) is 2.39. The average Bonchev–Trinajstić information content (AvgIpc) is 2.68. The van der Waals surface area contributed by atoms with E-state index in [0.717, 1.165) is 18.4 Å². The number of pyridine rings is 2. The van der Waals surface area contributed by atoms with Crippen LogP contribution in [0.3, 0.4) is 0 Å². The predicted octanol–water partition coefficient (Wildman–Crippen LogP) is 1.90. The van der Waals surface area contributed by atoms with Gasteiger partial charge in [-0.05, 0) is 42.9 Å². The van der Waals surface area contributed by atoms with Crippen LogP contribution in [0.1, 0.15) is 28.8 Å². The summed E-state index contributed by atoms with van der Waals surface area (Å²) in [6, 6.07) is 5.35. The summed E-state index contributed by atoms with van der Waals surface area (Å²) in [6.45, 7) is 0.990. The lowest BCUT2D eigenvalue weighted by Crippen LogP contribution is -2.45. The fourth-order valence-corrected chi connectivity index (χ4v) is 4.72. The molecule has 3 heterocycles. The van der Waals surface area contributed by atoms with Gasteiger partial charge in [-0.2, -0.15) is 17.0 Å². The topological polar surface area (TPSA) is 104 Å². The minimum atomic E-state index is -3.43. The second-order valence-corrected chi connectivity index (χ2v) is 9.28. The first-order valence-corrected chi connectivity index (χ1v) is 10.5. The Morgan fingerprint density at radius 1 is 1.36 bits per heavy atom. The minimum Gasteiger partial charge on any atom is -0.478 e. The second kappa shape index (κ2) is 8.34. The molecule has 150 valence electrons. The van der Waals surface area contributed by atoms with Crippen molar-refractivity contribution in [3.8, 4) is 11.3 Å². The van der Waals surface area contributed by atoms with Crippen LogP contribution in [0.4, 0.5) is 0 Å². The van der Waals surface area contributed by atoms with Gasteiger partial charge in [-0.15, -0.1) is 0 Å². The van der Waals surface area contributed by atoms with Crippen LogP contribution in [-0.2, 0) is 16.6 Å². The Hall–Kier alpha value is -2.36. The molecule has 0 aromatic carbocycles. The summed E-state index contributed by atoms with van der Waals surface area (Å²) in [7, 11) is -0.342. The molecule has 1 saturated heterocycles. The maximum atomic E-state index is 12.4. The number of carboxylic acid groups (broad SMARTS) is 1. The Morgan fingerprint density at radius 2 is 2.14 bits per heavy atom. The average molecular weight is 404 g/mol. The van der Waals surface area contributed by atoms with E-state index in [1.807, 2.05) is 12.1 Å². The van der Waals surface area contributed by atoms with E-state index in [4.69, 9.17) is 0 Å². The van der Waals surface area contributed by atoms with Gasteiger partial charge in [-0.25, -0.2) is 4.79 Å². The molecule has 2 aromatic heterocycles. The van der Waals surface area contributed by atoms with Gasteiger partial charge in [-0.3, -0.25) is 9.97 Å². The van der Waals surface area contributed by atoms with Crippen LogP contribution >= 0.6 is 0 Å². The van der Waals surface area contributed by atoms with E-state index in [1.54, 1.807) is 32.6 Å². The number of aromatic carboxylic acids is 1. The van der Waals surface area contributed by atoms with Crippen LogP contribution in [0.2, 0.25) is 0 Å². The number of carboxylic acids is 1. The molecule has 0 unspecified atom stereocenters. The molecule has 1 aliphatic heterocycles. The summed E-state index contributed by atoms with van der Waals surface area (Å²) in [4.78, 5) is 19.7. The Labute approximate surface area is 165 Å². The monoisotopic (exact) mass is 404 g/mol. The molecule has 0 saturated carbocycles. The van der Waals surface area contributed by atoms with Crippen LogP contribution in [0, 0.1) is 5.92 Å². The lowest BCUT2D eigenvalue weighted by molar-refractivity contribution is 0.0696. The fourth-order valence-electron chi connectivity index (χ4n) is 3.49. The molecular formula is C19H24N4O4S. The van der Waals surface area contributed by atoms with Crippen LogP contribution in [0.5, 0.6) is 0 Å². The highest BCUT2D eigenvalue weighted by Gasteiger charge is 2.30. The number of carbonyl (C=O) groups is 1. The zero-order valence-electron chi connectivity index (χ0n) is 15.9. The van der Waals surface area contributed by atoms with Crippen LogP contribution in [0.15, 0.2) is 36.8 Å². The Kier molecular flexibility index (Phi) is 6.07. The van der Waals surface area contributed by atoms with E-state index in [2.05, 4.69) is 9.97 Å². The maximum absolute atomic E-state index is 12.4. The van der Waals surface area contributed by atoms with Gasteiger partial charge < -0.3 is 5.11 Å². The maximum Gasteiger partial charge on any atom is 0.337 e. The highest BCUT2D eigenvalue weighted by molar-refractivity contribution is 7.86. The molecule has 2 aromatic rings. The number of piperidine rings is 1. The van der Waals surface area contributed by atoms with E-state index in [9.17, 15) is 18.3 Å². The lowest BCUT2D eigenvalue weighted by Gasteiger charge is -2.33. The van der Waals surface area contributed by atoms with Crippen LogP contribution < -0.4 is 0 Å². The first-order chi connectivity index (χ1) is 13.3. The van der Waals surface area contributed by atoms with Gasteiger partial charge in [0, 0.05) is 51.3 Å². The number of hydrogen-bond acceptors (Lipinski definition) is 5. The summed E-state index contributed by atoms with van der Waals surface area (Å²) < 4.78 is 27.7. The molecular weight excluding hydrogens is 380 g/mol. The summed E-state index contributed by atoms with van der Waals surface area (Å²) in [5.74, 6) is -0.870. The zero-order valence-corrected chi connectivity index (χ0v) is 16.8. The Bertz CT molecular complexity index is 962. The molecule has 1 atom stereocenters. The van der Waals surface area contributed by atoms with Crippen molar-refractivity contribution in [3.63, 3.8) is 0 Å². The third kappa shape index (κ3) is 4.37. The van der Waals surface area contributed by atoms with Crippen LogP contribution in [-0.4, -0.2) is 65.3 Å². The van der Waals surface area contributed by atoms with Crippen molar-refractivity contribution in [1.82, 2.24) is 18.6 Å². The van der Waals surface area contributed by atoms with Crippen molar-refractivity contribution < 1.29 is 18.3 Å². The lowest BCUT2D eigenvalue weighted by atomic mass is 9.90. The predicted molar refractivity (Wildman–Crippen MR) is 105 cm³/mol. The highest BCUT2D eigenvalue weighted by Crippen LogP contribution is 2.28. The van der Waals surface area contributed by atoms with Gasteiger partial charge in [-0.1, -0.05) is 6.07 Å². The normalized spacial score (nSPS) is 18.3.